The highest BCUT2D eigenvalue weighted by Gasteiger charge is 2.12. The number of rotatable bonds is 6. The number of aromatic nitrogens is 3. The number of hydrogen-bond acceptors (Lipinski definition) is 6. The van der Waals surface area contributed by atoms with Gasteiger partial charge in [0.2, 0.25) is 10.1 Å². The normalized spacial score (nSPS) is 11.8. The zero-order chi connectivity index (χ0) is 19.7. The van der Waals surface area contributed by atoms with Crippen LogP contribution in [0.25, 0.3) is 16.2 Å². The lowest BCUT2D eigenvalue weighted by Crippen LogP contribution is -2.07. The molecular weight excluding hydrogens is 416 g/mol. The molecule has 0 aliphatic rings. The van der Waals surface area contributed by atoms with E-state index < -0.39 is 9.84 Å². The Morgan fingerprint density at radius 3 is 2.50 bits per heavy atom. The first-order valence-corrected chi connectivity index (χ1v) is 11.7. The summed E-state index contributed by atoms with van der Waals surface area (Å²) in [6, 6.07) is 15.0. The number of nitrogens with zero attached hydrogens (tertiary/aromatic N) is 3. The minimum Gasteiger partial charge on any atom is -0.356 e. The molecule has 0 saturated heterocycles. The maximum Gasteiger partial charge on any atom is 0.214 e. The van der Waals surface area contributed by atoms with Crippen molar-refractivity contribution in [3.05, 3.63) is 70.9 Å². The topological polar surface area (TPSA) is 76.4 Å². The molecule has 144 valence electrons. The smallest absolute Gasteiger partial charge is 0.214 e. The number of halogens is 1. The van der Waals surface area contributed by atoms with Crippen LogP contribution in [-0.4, -0.2) is 29.3 Å². The second kappa shape index (κ2) is 7.54. The zero-order valence-corrected chi connectivity index (χ0v) is 17.4. The predicted molar refractivity (Wildman–Crippen MR) is 114 cm³/mol. The van der Waals surface area contributed by atoms with Crippen LogP contribution in [0.3, 0.4) is 0 Å². The zero-order valence-electron chi connectivity index (χ0n) is 15.0. The minimum atomic E-state index is -3.09. The van der Waals surface area contributed by atoms with Gasteiger partial charge in [-0.15, -0.1) is 5.10 Å². The molecule has 0 aliphatic carbocycles. The number of hydrogen-bond donors (Lipinski definition) is 1. The van der Waals surface area contributed by atoms with E-state index in [0.29, 0.717) is 11.6 Å². The van der Waals surface area contributed by atoms with Crippen LogP contribution in [0.1, 0.15) is 11.1 Å². The third-order valence-corrected chi connectivity index (χ3v) is 6.12. The van der Waals surface area contributed by atoms with Crippen molar-refractivity contribution in [3.8, 4) is 11.3 Å². The standard InChI is InChI=1S/C19H17ClN4O2S2/c1-28(25,26)12-15-5-3-2-4-14(15)10-21-18-23-24-11-17(22-19(24)27-18)13-6-8-16(20)9-7-13/h2-9,11H,10,12H2,1H3,(H,21,23). The van der Waals surface area contributed by atoms with Crippen molar-refractivity contribution in [2.24, 2.45) is 0 Å². The van der Waals surface area contributed by atoms with E-state index in [1.54, 1.807) is 4.52 Å². The van der Waals surface area contributed by atoms with Crippen LogP contribution in [0.2, 0.25) is 5.02 Å². The van der Waals surface area contributed by atoms with E-state index in [0.717, 1.165) is 32.5 Å². The van der Waals surface area contributed by atoms with Crippen molar-refractivity contribution in [2.45, 2.75) is 12.3 Å². The number of imidazole rings is 1. The lowest BCUT2D eigenvalue weighted by molar-refractivity contribution is 0.601. The van der Waals surface area contributed by atoms with Crippen LogP contribution >= 0.6 is 22.9 Å². The molecule has 6 nitrogen and oxygen atoms in total. The number of anilines is 1. The van der Waals surface area contributed by atoms with Gasteiger partial charge in [0, 0.05) is 23.4 Å². The molecule has 0 saturated carbocycles. The molecular formula is C19H17ClN4O2S2. The van der Waals surface area contributed by atoms with Crippen molar-refractivity contribution in [1.82, 2.24) is 14.6 Å². The molecule has 0 aliphatic heterocycles. The molecule has 4 aromatic rings. The van der Waals surface area contributed by atoms with Crippen molar-refractivity contribution in [3.63, 3.8) is 0 Å². The maximum absolute atomic E-state index is 11.6. The molecule has 2 heterocycles. The summed E-state index contributed by atoms with van der Waals surface area (Å²) in [5, 5.41) is 9.18. The van der Waals surface area contributed by atoms with Crippen LogP contribution in [0, 0.1) is 0 Å². The SMILES string of the molecule is CS(=O)(=O)Cc1ccccc1CNc1nn2cc(-c3ccc(Cl)cc3)nc2s1. The average Bonchev–Trinajstić information content (AvgIpc) is 3.19. The Morgan fingerprint density at radius 1 is 1.11 bits per heavy atom. The van der Waals surface area contributed by atoms with E-state index in [4.69, 9.17) is 11.6 Å². The molecule has 0 radical (unpaired) electrons. The van der Waals surface area contributed by atoms with Crippen LogP contribution < -0.4 is 5.32 Å². The summed E-state index contributed by atoms with van der Waals surface area (Å²) in [5.74, 6) is 0.0243. The summed E-state index contributed by atoms with van der Waals surface area (Å²) in [6.45, 7) is 0.492. The largest absolute Gasteiger partial charge is 0.356 e. The third-order valence-electron chi connectivity index (χ3n) is 4.15. The van der Waals surface area contributed by atoms with Gasteiger partial charge < -0.3 is 5.32 Å². The van der Waals surface area contributed by atoms with Gasteiger partial charge in [0.15, 0.2) is 9.84 Å². The average molecular weight is 433 g/mol. The van der Waals surface area contributed by atoms with Gasteiger partial charge >= 0.3 is 0 Å². The molecule has 4 rings (SSSR count). The molecule has 28 heavy (non-hydrogen) atoms. The Morgan fingerprint density at radius 2 is 1.82 bits per heavy atom. The van der Waals surface area contributed by atoms with Gasteiger partial charge in [-0.1, -0.05) is 59.3 Å². The monoisotopic (exact) mass is 432 g/mol. The molecule has 0 spiro atoms. The quantitative estimate of drug-likeness (QED) is 0.492. The molecule has 1 N–H and O–H groups in total. The van der Waals surface area contributed by atoms with Gasteiger partial charge in [-0.25, -0.2) is 17.9 Å². The van der Waals surface area contributed by atoms with Crippen LogP contribution in [0.4, 0.5) is 5.13 Å². The summed E-state index contributed by atoms with van der Waals surface area (Å²) in [4.78, 5) is 5.39. The third kappa shape index (κ3) is 4.35. The van der Waals surface area contributed by atoms with Crippen LogP contribution in [0.15, 0.2) is 54.7 Å². The lowest BCUT2D eigenvalue weighted by Gasteiger charge is -2.09. The van der Waals surface area contributed by atoms with Gasteiger partial charge in [-0.05, 0) is 23.3 Å². The minimum absolute atomic E-state index is 0.0243. The fourth-order valence-corrected chi connectivity index (χ4v) is 4.61. The van der Waals surface area contributed by atoms with E-state index in [2.05, 4.69) is 15.4 Å². The van der Waals surface area contributed by atoms with Gasteiger partial charge in [-0.2, -0.15) is 0 Å². The van der Waals surface area contributed by atoms with Crippen molar-refractivity contribution < 1.29 is 8.42 Å². The second-order valence-electron chi connectivity index (χ2n) is 6.46. The van der Waals surface area contributed by atoms with Crippen molar-refractivity contribution in [1.29, 1.82) is 0 Å². The molecule has 0 amide bonds. The number of sulfone groups is 1. The molecule has 9 heteroatoms. The van der Waals surface area contributed by atoms with Crippen LogP contribution in [-0.2, 0) is 22.1 Å². The predicted octanol–water partition coefficient (Wildman–Crippen LogP) is 4.27. The van der Waals surface area contributed by atoms with Crippen LogP contribution in [0.5, 0.6) is 0 Å². The van der Waals surface area contributed by atoms with Crippen molar-refractivity contribution in [2.75, 3.05) is 11.6 Å². The van der Waals surface area contributed by atoms with E-state index in [1.807, 2.05) is 54.7 Å². The van der Waals surface area contributed by atoms with E-state index in [-0.39, 0.29) is 5.75 Å². The highest BCUT2D eigenvalue weighted by Crippen LogP contribution is 2.26. The maximum atomic E-state index is 11.6. The lowest BCUT2D eigenvalue weighted by atomic mass is 10.1. The Hall–Kier alpha value is -2.42. The first-order valence-electron chi connectivity index (χ1n) is 8.48. The Balaban J connectivity index is 1.51. The van der Waals surface area contributed by atoms with E-state index in [9.17, 15) is 8.42 Å². The Bertz CT molecular complexity index is 1200. The fourth-order valence-electron chi connectivity index (χ4n) is 2.86. The summed E-state index contributed by atoms with van der Waals surface area (Å²) < 4.78 is 25.0. The summed E-state index contributed by atoms with van der Waals surface area (Å²) in [5.41, 5.74) is 3.54. The first kappa shape index (κ1) is 18.9. The van der Waals surface area contributed by atoms with Gasteiger partial charge in [0.1, 0.15) is 0 Å². The molecule has 2 aromatic heterocycles. The highest BCUT2D eigenvalue weighted by molar-refractivity contribution is 7.89. The second-order valence-corrected chi connectivity index (χ2v) is 9.99. The van der Waals surface area contributed by atoms with Gasteiger partial charge in [0.25, 0.3) is 0 Å². The van der Waals surface area contributed by atoms with Gasteiger partial charge in [0.05, 0.1) is 17.6 Å². The molecule has 2 aromatic carbocycles. The number of nitrogens with one attached hydrogen (secondary N) is 1. The molecule has 0 atom stereocenters. The number of benzene rings is 2. The fraction of sp³-hybridized carbons (Fsp3) is 0.158. The Kier molecular flexibility index (Phi) is 5.09. The summed E-state index contributed by atoms with van der Waals surface area (Å²) in [7, 11) is -3.09. The highest BCUT2D eigenvalue weighted by atomic mass is 35.5. The molecule has 0 fully saturated rings. The molecule has 0 bridgehead atoms. The summed E-state index contributed by atoms with van der Waals surface area (Å²) >= 11 is 7.37. The van der Waals surface area contributed by atoms with Crippen molar-refractivity contribution >= 4 is 42.9 Å². The van der Waals surface area contributed by atoms with E-state index in [1.165, 1.54) is 17.6 Å². The molecule has 0 unspecified atom stereocenters. The van der Waals surface area contributed by atoms with E-state index >= 15 is 0 Å². The first-order chi connectivity index (χ1) is 13.4. The number of fused-ring (bicyclic) bond motifs is 1. The van der Waals surface area contributed by atoms with Gasteiger partial charge in [-0.3, -0.25) is 0 Å². The summed E-state index contributed by atoms with van der Waals surface area (Å²) in [6.07, 6.45) is 3.11. The Labute approximate surface area is 171 Å².